The molecule has 0 radical (unpaired) electrons. The van der Waals surface area contributed by atoms with E-state index >= 15 is 0 Å². The molecule has 0 spiro atoms. The largest absolute Gasteiger partial charge is 0.421 e. The van der Waals surface area contributed by atoms with Crippen LogP contribution in [0.15, 0.2) is 46.9 Å². The summed E-state index contributed by atoms with van der Waals surface area (Å²) in [7, 11) is 0. The molecule has 1 saturated heterocycles. The van der Waals surface area contributed by atoms with Gasteiger partial charge in [-0.2, -0.15) is 13.2 Å². The molecule has 32 heavy (non-hydrogen) atoms. The van der Waals surface area contributed by atoms with E-state index in [1.165, 1.54) is 12.1 Å². The van der Waals surface area contributed by atoms with Crippen molar-refractivity contribution in [3.8, 4) is 11.5 Å². The summed E-state index contributed by atoms with van der Waals surface area (Å²) in [4.78, 5) is 12.4. The number of anilines is 2. The van der Waals surface area contributed by atoms with Gasteiger partial charge in [-0.3, -0.25) is 4.79 Å². The third kappa shape index (κ3) is 4.61. The molecule has 6 nitrogen and oxygen atoms in total. The van der Waals surface area contributed by atoms with Gasteiger partial charge in [0.25, 0.3) is 0 Å². The minimum Gasteiger partial charge on any atom is -0.421 e. The average Bonchev–Trinajstić information content (AvgIpc) is 3.35. The summed E-state index contributed by atoms with van der Waals surface area (Å²) in [6.45, 7) is 8.13. The smallest absolute Gasteiger partial charge is 0.416 e. The maximum Gasteiger partial charge on any atom is 0.416 e. The van der Waals surface area contributed by atoms with E-state index in [4.69, 9.17) is 4.42 Å². The molecular formula is C23H25F3N4O2. The summed E-state index contributed by atoms with van der Waals surface area (Å²) >= 11 is 0. The Morgan fingerprint density at radius 2 is 1.78 bits per heavy atom. The van der Waals surface area contributed by atoms with E-state index < -0.39 is 17.2 Å². The third-order valence-electron chi connectivity index (χ3n) is 5.32. The number of aromatic nitrogens is 2. The number of hydrogen-bond acceptors (Lipinski definition) is 5. The van der Waals surface area contributed by atoms with Gasteiger partial charge >= 0.3 is 6.18 Å². The molecular weight excluding hydrogens is 421 g/mol. The lowest BCUT2D eigenvalue weighted by Gasteiger charge is -2.22. The molecule has 2 heterocycles. The van der Waals surface area contributed by atoms with Crippen LogP contribution in [0.4, 0.5) is 24.5 Å². The first-order valence-corrected chi connectivity index (χ1v) is 10.3. The van der Waals surface area contributed by atoms with Gasteiger partial charge in [0.05, 0.1) is 22.2 Å². The van der Waals surface area contributed by atoms with Gasteiger partial charge in [-0.1, -0.05) is 19.9 Å². The van der Waals surface area contributed by atoms with E-state index in [0.717, 1.165) is 17.7 Å². The second-order valence-corrected chi connectivity index (χ2v) is 7.42. The number of aryl methyl sites for hydroxylation is 1. The number of amides is 1. The van der Waals surface area contributed by atoms with Gasteiger partial charge in [-0.05, 0) is 55.3 Å². The van der Waals surface area contributed by atoms with Crippen molar-refractivity contribution in [1.29, 1.82) is 0 Å². The summed E-state index contributed by atoms with van der Waals surface area (Å²) in [5.74, 6) is 0.574. The fourth-order valence-electron chi connectivity index (χ4n) is 3.49. The number of hydrogen-bond donors (Lipinski definition) is 2. The molecule has 1 unspecified atom stereocenters. The number of carbonyl (C=O) groups excluding carboxylic acids is 1. The maximum atomic E-state index is 12.8. The molecule has 1 atom stereocenters. The number of nitrogens with one attached hydrogen (secondary N) is 2. The van der Waals surface area contributed by atoms with Crippen molar-refractivity contribution in [3.05, 3.63) is 59.5 Å². The Kier molecular flexibility index (Phi) is 6.57. The molecule has 4 rings (SSSR count). The quantitative estimate of drug-likeness (QED) is 0.544. The Labute approximate surface area is 184 Å². The topological polar surface area (TPSA) is 80.0 Å². The van der Waals surface area contributed by atoms with Crippen LogP contribution in [-0.2, 0) is 16.4 Å². The van der Waals surface area contributed by atoms with Crippen molar-refractivity contribution in [2.75, 3.05) is 11.9 Å². The standard InChI is InChI=1S/C21H19F3N4O2.C2H6/c1-12-27-28-18(30-12)16-11-14(20(2)9-10-25-19(20)29)5-8-17(16)26-15-6-3-13(4-7-15)21(22,23)24;1-2/h3-8,11,26H,9-10H2,1-2H3,(H,25,29);1-2H3. The first-order valence-electron chi connectivity index (χ1n) is 10.3. The monoisotopic (exact) mass is 446 g/mol. The second kappa shape index (κ2) is 9.02. The van der Waals surface area contributed by atoms with Gasteiger partial charge in [0.2, 0.25) is 17.7 Å². The van der Waals surface area contributed by atoms with Crippen molar-refractivity contribution < 1.29 is 22.4 Å². The molecule has 9 heteroatoms. The minimum absolute atomic E-state index is 0.0568. The van der Waals surface area contributed by atoms with Crippen LogP contribution in [-0.4, -0.2) is 22.6 Å². The molecule has 1 aliphatic rings. The number of carbonyl (C=O) groups is 1. The number of nitrogens with zero attached hydrogens (tertiary/aromatic N) is 2. The average molecular weight is 446 g/mol. The highest BCUT2D eigenvalue weighted by Gasteiger charge is 2.39. The van der Waals surface area contributed by atoms with E-state index in [1.54, 1.807) is 13.0 Å². The van der Waals surface area contributed by atoms with Crippen LogP contribution in [0.1, 0.15) is 44.2 Å². The van der Waals surface area contributed by atoms with E-state index in [9.17, 15) is 18.0 Å². The Bertz CT molecular complexity index is 1090. The van der Waals surface area contributed by atoms with Crippen LogP contribution in [0.2, 0.25) is 0 Å². The number of rotatable bonds is 4. The van der Waals surface area contributed by atoms with Crippen molar-refractivity contribution in [1.82, 2.24) is 15.5 Å². The number of benzene rings is 2. The zero-order chi connectivity index (χ0) is 23.5. The fraction of sp³-hybridized carbons (Fsp3) is 0.348. The molecule has 0 aliphatic carbocycles. The molecule has 0 bridgehead atoms. The van der Waals surface area contributed by atoms with Gasteiger partial charge in [0.1, 0.15) is 0 Å². The van der Waals surface area contributed by atoms with Crippen LogP contribution in [0.3, 0.4) is 0 Å². The van der Waals surface area contributed by atoms with E-state index in [0.29, 0.717) is 35.8 Å². The lowest BCUT2D eigenvalue weighted by Crippen LogP contribution is -2.32. The molecule has 1 amide bonds. The van der Waals surface area contributed by atoms with Crippen LogP contribution in [0.25, 0.3) is 11.5 Å². The highest BCUT2D eigenvalue weighted by atomic mass is 19.4. The second-order valence-electron chi connectivity index (χ2n) is 7.42. The maximum absolute atomic E-state index is 12.8. The highest BCUT2D eigenvalue weighted by molar-refractivity contribution is 5.91. The SMILES string of the molecule is CC.Cc1nnc(-c2cc(C3(C)CCNC3=O)ccc2Nc2ccc(C(F)(F)F)cc2)o1. The molecule has 2 aromatic carbocycles. The van der Waals surface area contributed by atoms with E-state index in [2.05, 4.69) is 20.8 Å². The predicted molar refractivity (Wildman–Crippen MR) is 116 cm³/mol. The summed E-state index contributed by atoms with van der Waals surface area (Å²) in [6.07, 6.45) is -3.75. The highest BCUT2D eigenvalue weighted by Crippen LogP contribution is 2.38. The molecule has 1 fully saturated rings. The summed E-state index contributed by atoms with van der Waals surface area (Å²) < 4.78 is 44.0. The number of halogens is 3. The molecule has 0 saturated carbocycles. The zero-order valence-electron chi connectivity index (χ0n) is 18.3. The fourth-order valence-corrected chi connectivity index (χ4v) is 3.49. The Morgan fingerprint density at radius 1 is 1.09 bits per heavy atom. The molecule has 1 aromatic heterocycles. The predicted octanol–water partition coefficient (Wildman–Crippen LogP) is 5.61. The lowest BCUT2D eigenvalue weighted by atomic mass is 9.80. The molecule has 1 aliphatic heterocycles. The first-order chi connectivity index (χ1) is 15.2. The molecule has 3 aromatic rings. The Hall–Kier alpha value is -3.36. The van der Waals surface area contributed by atoms with Gasteiger partial charge < -0.3 is 15.1 Å². The first kappa shape index (κ1) is 23.3. The summed E-state index contributed by atoms with van der Waals surface area (Å²) in [6, 6.07) is 10.1. The van der Waals surface area contributed by atoms with Gasteiger partial charge in [-0.25, -0.2) is 0 Å². The van der Waals surface area contributed by atoms with E-state index in [1.807, 2.05) is 32.9 Å². The van der Waals surface area contributed by atoms with Crippen LogP contribution in [0, 0.1) is 6.92 Å². The zero-order valence-corrected chi connectivity index (χ0v) is 18.3. The van der Waals surface area contributed by atoms with Gasteiger partial charge in [0, 0.05) is 19.2 Å². The van der Waals surface area contributed by atoms with Crippen molar-refractivity contribution >= 4 is 17.3 Å². The van der Waals surface area contributed by atoms with Crippen molar-refractivity contribution in [3.63, 3.8) is 0 Å². The molecule has 170 valence electrons. The number of alkyl halides is 3. The van der Waals surface area contributed by atoms with Gasteiger partial charge in [0.15, 0.2) is 0 Å². The Balaban J connectivity index is 0.00000141. The van der Waals surface area contributed by atoms with Crippen LogP contribution in [0.5, 0.6) is 0 Å². The Morgan fingerprint density at radius 3 is 2.31 bits per heavy atom. The third-order valence-corrected chi connectivity index (χ3v) is 5.32. The van der Waals surface area contributed by atoms with Gasteiger partial charge in [-0.15, -0.1) is 10.2 Å². The minimum atomic E-state index is -4.40. The van der Waals surface area contributed by atoms with Crippen LogP contribution >= 0.6 is 0 Å². The molecule has 2 N–H and O–H groups in total. The summed E-state index contributed by atoms with van der Waals surface area (Å²) in [5, 5.41) is 13.9. The van der Waals surface area contributed by atoms with Crippen molar-refractivity contribution in [2.24, 2.45) is 0 Å². The summed E-state index contributed by atoms with van der Waals surface area (Å²) in [5.41, 5.74) is 0.991. The van der Waals surface area contributed by atoms with Crippen molar-refractivity contribution in [2.45, 2.75) is 45.7 Å². The normalized spacial score (nSPS) is 18.0. The lowest BCUT2D eigenvalue weighted by molar-refractivity contribution is -0.137. The van der Waals surface area contributed by atoms with Crippen LogP contribution < -0.4 is 10.6 Å². The van der Waals surface area contributed by atoms with E-state index in [-0.39, 0.29) is 11.8 Å².